The van der Waals surface area contributed by atoms with Crippen molar-refractivity contribution in [2.45, 2.75) is 18.3 Å². The molecule has 0 fully saturated rings. The van der Waals surface area contributed by atoms with E-state index in [1.54, 1.807) is 30.3 Å². The van der Waals surface area contributed by atoms with E-state index in [2.05, 4.69) is 0 Å². The first-order chi connectivity index (χ1) is 8.26. The van der Waals surface area contributed by atoms with Gasteiger partial charge in [0.1, 0.15) is 6.29 Å². The summed E-state index contributed by atoms with van der Waals surface area (Å²) in [7, 11) is -5.64. The number of carbonyl (C=O) groups is 1. The van der Waals surface area contributed by atoms with E-state index < -0.39 is 19.4 Å². The summed E-state index contributed by atoms with van der Waals surface area (Å²) in [6, 6.07) is 6.91. The Morgan fingerprint density at radius 1 is 1.33 bits per heavy atom. The lowest BCUT2D eigenvalue weighted by atomic mass is 10.1. The molecule has 0 aliphatic carbocycles. The fraction of sp³-hybridized carbons (Fsp3) is 0.300. The van der Waals surface area contributed by atoms with Gasteiger partial charge in [-0.2, -0.15) is 8.78 Å². The number of hydrogen-bond donors (Lipinski definition) is 3. The van der Waals surface area contributed by atoms with E-state index in [0.29, 0.717) is 5.56 Å². The van der Waals surface area contributed by atoms with Crippen molar-refractivity contribution in [1.82, 2.24) is 5.32 Å². The molecule has 0 aliphatic heterocycles. The second-order valence-electron chi connectivity index (χ2n) is 3.66. The number of benzene rings is 1. The predicted molar refractivity (Wildman–Crippen MR) is 60.1 cm³/mol. The molecule has 0 amide bonds. The first-order valence-electron chi connectivity index (χ1n) is 4.96. The molecule has 5 nitrogen and oxygen atoms in total. The number of aldehydes is 1. The van der Waals surface area contributed by atoms with Crippen molar-refractivity contribution in [1.29, 1.82) is 0 Å². The molecule has 3 N–H and O–H groups in total. The van der Waals surface area contributed by atoms with Gasteiger partial charge in [0.15, 0.2) is 0 Å². The molecule has 1 aromatic carbocycles. The van der Waals surface area contributed by atoms with Crippen LogP contribution in [-0.2, 0) is 15.8 Å². The maximum Gasteiger partial charge on any atom is 0.410 e. The van der Waals surface area contributed by atoms with Crippen LogP contribution in [0.4, 0.5) is 8.78 Å². The van der Waals surface area contributed by atoms with Gasteiger partial charge in [-0.05, 0) is 12.0 Å². The highest BCUT2D eigenvalue weighted by Crippen LogP contribution is 2.50. The van der Waals surface area contributed by atoms with Crippen molar-refractivity contribution in [3.05, 3.63) is 35.9 Å². The van der Waals surface area contributed by atoms with Crippen molar-refractivity contribution in [2.24, 2.45) is 0 Å². The fourth-order valence-corrected chi connectivity index (χ4v) is 1.64. The molecule has 0 saturated heterocycles. The van der Waals surface area contributed by atoms with Crippen LogP contribution in [0.25, 0.3) is 0 Å². The molecule has 1 rings (SSSR count). The molecule has 0 radical (unpaired) electrons. The lowest BCUT2D eigenvalue weighted by Gasteiger charge is -2.22. The summed E-state index contributed by atoms with van der Waals surface area (Å²) in [4.78, 5) is 27.5. The van der Waals surface area contributed by atoms with Gasteiger partial charge in [0.05, 0.1) is 6.04 Å². The van der Waals surface area contributed by atoms with Gasteiger partial charge in [0.25, 0.3) is 0 Å². The average molecular weight is 279 g/mol. The highest BCUT2D eigenvalue weighted by molar-refractivity contribution is 7.53. The first kappa shape index (κ1) is 14.9. The number of alkyl halides is 2. The largest absolute Gasteiger partial charge is 0.410 e. The molecule has 1 aromatic rings. The van der Waals surface area contributed by atoms with Gasteiger partial charge in [-0.1, -0.05) is 30.3 Å². The lowest BCUT2D eigenvalue weighted by molar-refractivity contribution is -0.111. The summed E-state index contributed by atoms with van der Waals surface area (Å²) in [5, 5.41) is 1.37. The Labute approximate surface area is 102 Å². The molecule has 0 aliphatic rings. The molecular weight excluding hydrogens is 267 g/mol. The van der Waals surface area contributed by atoms with Gasteiger partial charge >= 0.3 is 13.4 Å². The SMILES string of the molecule is O=CC(Cc1ccccc1)NC(F)(F)P(=O)(O)O. The van der Waals surface area contributed by atoms with Crippen molar-refractivity contribution < 1.29 is 27.9 Å². The maximum atomic E-state index is 13.0. The minimum absolute atomic E-state index is 0.0834. The van der Waals surface area contributed by atoms with E-state index >= 15 is 0 Å². The predicted octanol–water partition coefficient (Wildman–Crippen LogP) is 1.11. The van der Waals surface area contributed by atoms with E-state index in [1.807, 2.05) is 0 Å². The van der Waals surface area contributed by atoms with Crippen LogP contribution in [0.1, 0.15) is 5.56 Å². The molecule has 18 heavy (non-hydrogen) atoms. The third-order valence-electron chi connectivity index (χ3n) is 2.19. The Morgan fingerprint density at radius 3 is 2.33 bits per heavy atom. The molecule has 1 atom stereocenters. The summed E-state index contributed by atoms with van der Waals surface area (Å²) >= 11 is 0. The molecule has 0 saturated carbocycles. The average Bonchev–Trinajstić information content (AvgIpc) is 2.27. The van der Waals surface area contributed by atoms with Crippen LogP contribution in [0.15, 0.2) is 30.3 Å². The zero-order valence-electron chi connectivity index (χ0n) is 9.16. The zero-order chi connectivity index (χ0) is 13.8. The molecule has 1 unspecified atom stereocenters. The van der Waals surface area contributed by atoms with E-state index in [-0.39, 0.29) is 12.7 Å². The normalized spacial score (nSPS) is 14.2. The van der Waals surface area contributed by atoms with Crippen LogP contribution in [0, 0.1) is 0 Å². The standard InChI is InChI=1S/C10H12F2NO4P/c11-10(12,18(15,16)17)13-9(7-14)6-8-4-2-1-3-5-8/h1-5,7,9,13H,6H2,(H2,15,16,17). The van der Waals surface area contributed by atoms with Gasteiger partial charge in [-0.15, -0.1) is 0 Å². The zero-order valence-corrected chi connectivity index (χ0v) is 10.1. The minimum atomic E-state index is -5.64. The number of carbonyl (C=O) groups excluding carboxylic acids is 1. The monoisotopic (exact) mass is 279 g/mol. The third kappa shape index (κ3) is 3.96. The number of nitrogens with one attached hydrogen (secondary N) is 1. The van der Waals surface area contributed by atoms with Crippen molar-refractivity contribution in [2.75, 3.05) is 0 Å². The van der Waals surface area contributed by atoms with Gasteiger partial charge in [0.2, 0.25) is 0 Å². The second-order valence-corrected chi connectivity index (χ2v) is 5.31. The maximum absolute atomic E-state index is 13.0. The Hall–Kier alpha value is -1.14. The first-order valence-corrected chi connectivity index (χ1v) is 6.58. The molecule has 0 heterocycles. The van der Waals surface area contributed by atoms with Gasteiger partial charge in [-0.3, -0.25) is 4.57 Å². The Kier molecular flexibility index (Phi) is 4.70. The topological polar surface area (TPSA) is 86.6 Å². The minimum Gasteiger partial charge on any atom is -0.319 e. The molecule has 0 spiro atoms. The Bertz CT molecular complexity index is 448. The van der Waals surface area contributed by atoms with E-state index in [9.17, 15) is 18.1 Å². The van der Waals surface area contributed by atoms with Crippen molar-refractivity contribution in [3.63, 3.8) is 0 Å². The molecular formula is C10H12F2NO4P. The van der Waals surface area contributed by atoms with Crippen LogP contribution >= 0.6 is 7.60 Å². The summed E-state index contributed by atoms with van der Waals surface area (Å²) in [5.41, 5.74) is 0.601. The molecule has 8 heteroatoms. The quantitative estimate of drug-likeness (QED) is 0.412. The van der Waals surface area contributed by atoms with E-state index in [0.717, 1.165) is 0 Å². The third-order valence-corrected chi connectivity index (χ3v) is 3.05. The highest BCUT2D eigenvalue weighted by atomic mass is 31.2. The number of hydrogen-bond acceptors (Lipinski definition) is 3. The number of rotatable bonds is 6. The van der Waals surface area contributed by atoms with Crippen LogP contribution < -0.4 is 5.32 Å². The second kappa shape index (κ2) is 5.67. The molecule has 0 aromatic heterocycles. The Balaban J connectivity index is 2.75. The van der Waals surface area contributed by atoms with Crippen molar-refractivity contribution >= 4 is 13.9 Å². The summed E-state index contributed by atoms with van der Waals surface area (Å²) in [5.74, 6) is -4.42. The highest BCUT2D eigenvalue weighted by Gasteiger charge is 2.49. The fourth-order valence-electron chi connectivity index (χ4n) is 1.31. The molecule has 0 bridgehead atoms. The van der Waals surface area contributed by atoms with E-state index in [1.165, 1.54) is 5.32 Å². The Morgan fingerprint density at radius 2 is 1.89 bits per heavy atom. The summed E-state index contributed by atoms with van der Waals surface area (Å²) in [6.07, 6.45) is 0.108. The van der Waals surface area contributed by atoms with Gasteiger partial charge in [0, 0.05) is 0 Å². The smallest absolute Gasteiger partial charge is 0.319 e. The van der Waals surface area contributed by atoms with Crippen LogP contribution in [-0.4, -0.2) is 27.9 Å². The molecule has 100 valence electrons. The summed E-state index contributed by atoms with van der Waals surface area (Å²) in [6.45, 7) is 0. The van der Waals surface area contributed by atoms with Gasteiger partial charge < -0.3 is 14.6 Å². The van der Waals surface area contributed by atoms with Crippen molar-refractivity contribution in [3.8, 4) is 0 Å². The van der Waals surface area contributed by atoms with Gasteiger partial charge in [-0.25, -0.2) is 5.32 Å². The number of halogens is 2. The van der Waals surface area contributed by atoms with Crippen LogP contribution in [0.3, 0.4) is 0 Å². The lowest BCUT2D eigenvalue weighted by Crippen LogP contribution is -2.45. The summed E-state index contributed by atoms with van der Waals surface area (Å²) < 4.78 is 36.6. The van der Waals surface area contributed by atoms with Crippen LogP contribution in [0.5, 0.6) is 0 Å². The van der Waals surface area contributed by atoms with Crippen LogP contribution in [0.2, 0.25) is 0 Å². The van der Waals surface area contributed by atoms with E-state index in [4.69, 9.17) is 9.79 Å².